The van der Waals surface area contributed by atoms with Gasteiger partial charge in [0.15, 0.2) is 0 Å². The summed E-state index contributed by atoms with van der Waals surface area (Å²) in [5.74, 6) is -2.85. The van der Waals surface area contributed by atoms with Crippen LogP contribution in [0.5, 0.6) is 0 Å². The molecule has 8 nitrogen and oxygen atoms in total. The van der Waals surface area contributed by atoms with Crippen LogP contribution < -0.4 is 10.6 Å². The van der Waals surface area contributed by atoms with Crippen LogP contribution >= 0.6 is 15.9 Å². The maximum absolute atomic E-state index is 12.6. The molecule has 4 rings (SSSR count). The molecule has 2 aromatic heterocycles. The minimum Gasteiger partial charge on any atom is -0.475 e. The zero-order valence-electron chi connectivity index (χ0n) is 16.4. The Morgan fingerprint density at radius 1 is 1.35 bits per heavy atom. The Hall–Kier alpha value is -2.18. The molecule has 4 heterocycles. The molecule has 2 fully saturated rings. The summed E-state index contributed by atoms with van der Waals surface area (Å²) < 4.78 is 38.6. The van der Waals surface area contributed by atoms with E-state index in [1.807, 2.05) is 6.07 Å². The number of piperidine rings is 1. The van der Waals surface area contributed by atoms with E-state index in [0.29, 0.717) is 23.2 Å². The molecule has 1 unspecified atom stereocenters. The number of aromatic nitrogens is 2. The first-order chi connectivity index (χ1) is 14.6. The normalized spacial score (nSPS) is 20.3. The highest BCUT2D eigenvalue weighted by molar-refractivity contribution is 9.10. The SMILES string of the molecule is O=C(NCC1CC2(CCNCC2)CO1)c1c[nH]c2nccc(Br)c12.O=C(O)C(F)(F)F. The predicted molar refractivity (Wildman–Crippen MR) is 109 cm³/mol. The minimum absolute atomic E-state index is 0.0928. The number of hydrogen-bond donors (Lipinski definition) is 4. The van der Waals surface area contributed by atoms with Crippen molar-refractivity contribution in [3.05, 3.63) is 28.5 Å². The van der Waals surface area contributed by atoms with Crippen LogP contribution in [0.2, 0.25) is 0 Å². The number of halogens is 4. The molecule has 31 heavy (non-hydrogen) atoms. The number of fused-ring (bicyclic) bond motifs is 1. The molecule has 0 radical (unpaired) electrons. The van der Waals surface area contributed by atoms with Gasteiger partial charge in [-0.3, -0.25) is 4.79 Å². The van der Waals surface area contributed by atoms with E-state index < -0.39 is 12.1 Å². The molecular weight excluding hydrogens is 485 g/mol. The fraction of sp³-hybridized carbons (Fsp3) is 0.526. The number of aliphatic carboxylic acids is 1. The number of amides is 1. The van der Waals surface area contributed by atoms with Crippen LogP contribution in [0.4, 0.5) is 13.2 Å². The van der Waals surface area contributed by atoms with Gasteiger partial charge in [-0.2, -0.15) is 13.2 Å². The van der Waals surface area contributed by atoms with Gasteiger partial charge in [0, 0.05) is 28.8 Å². The van der Waals surface area contributed by atoms with Crippen molar-refractivity contribution >= 4 is 38.8 Å². The maximum atomic E-state index is 12.6. The minimum atomic E-state index is -5.08. The summed E-state index contributed by atoms with van der Waals surface area (Å²) in [6.45, 7) is 3.51. The van der Waals surface area contributed by atoms with Gasteiger partial charge in [0.1, 0.15) is 5.65 Å². The quantitative estimate of drug-likeness (QED) is 0.508. The molecule has 2 aliphatic rings. The number of carboxylic acid groups (broad SMARTS) is 1. The molecule has 4 N–H and O–H groups in total. The van der Waals surface area contributed by atoms with Crippen molar-refractivity contribution in [3.63, 3.8) is 0 Å². The molecule has 1 spiro atoms. The second kappa shape index (κ2) is 9.53. The fourth-order valence-electron chi connectivity index (χ4n) is 3.83. The van der Waals surface area contributed by atoms with Gasteiger partial charge in [-0.1, -0.05) is 0 Å². The van der Waals surface area contributed by atoms with Crippen LogP contribution in [0.15, 0.2) is 22.9 Å². The van der Waals surface area contributed by atoms with Crippen LogP contribution in [0, 0.1) is 5.41 Å². The molecule has 1 amide bonds. The number of carbonyl (C=O) groups is 2. The first-order valence-corrected chi connectivity index (χ1v) is 10.4. The Morgan fingerprint density at radius 2 is 2.03 bits per heavy atom. The summed E-state index contributed by atoms with van der Waals surface area (Å²) in [4.78, 5) is 28.7. The van der Waals surface area contributed by atoms with E-state index in [-0.39, 0.29) is 12.0 Å². The molecule has 1 atom stereocenters. The lowest BCUT2D eigenvalue weighted by Crippen LogP contribution is -2.38. The highest BCUT2D eigenvalue weighted by atomic mass is 79.9. The van der Waals surface area contributed by atoms with Crippen LogP contribution in [0.1, 0.15) is 29.6 Å². The number of aromatic amines is 1. The Labute approximate surface area is 184 Å². The summed E-state index contributed by atoms with van der Waals surface area (Å²) in [7, 11) is 0. The Morgan fingerprint density at radius 3 is 2.68 bits per heavy atom. The molecule has 2 saturated heterocycles. The fourth-order valence-corrected chi connectivity index (χ4v) is 4.35. The van der Waals surface area contributed by atoms with Crippen molar-refractivity contribution in [1.82, 2.24) is 20.6 Å². The number of rotatable bonds is 3. The van der Waals surface area contributed by atoms with Crippen LogP contribution in [-0.4, -0.2) is 65.5 Å². The molecule has 2 aliphatic heterocycles. The van der Waals surface area contributed by atoms with Crippen molar-refractivity contribution in [3.8, 4) is 0 Å². The van der Waals surface area contributed by atoms with E-state index in [1.54, 1.807) is 12.4 Å². The monoisotopic (exact) mass is 506 g/mol. The molecule has 2 aromatic rings. The van der Waals surface area contributed by atoms with Gasteiger partial charge >= 0.3 is 12.1 Å². The standard InChI is InChI=1S/C17H21BrN4O2.C2HF3O2/c18-13-1-4-20-15-14(13)12(9-21-15)16(23)22-8-11-7-17(10-24-11)2-5-19-6-3-17;3-2(4,5)1(6)7/h1,4,9,11,19H,2-3,5-8,10H2,(H,20,21)(H,22,23);(H,6,7). The van der Waals surface area contributed by atoms with E-state index >= 15 is 0 Å². The first kappa shape index (κ1) is 23.5. The maximum Gasteiger partial charge on any atom is 0.490 e. The number of hydrogen-bond acceptors (Lipinski definition) is 5. The van der Waals surface area contributed by atoms with E-state index in [9.17, 15) is 18.0 Å². The van der Waals surface area contributed by atoms with Crippen molar-refractivity contribution in [2.24, 2.45) is 5.41 Å². The summed E-state index contributed by atoms with van der Waals surface area (Å²) in [5.41, 5.74) is 1.63. The third kappa shape index (κ3) is 5.74. The van der Waals surface area contributed by atoms with Crippen molar-refractivity contribution in [1.29, 1.82) is 0 Å². The highest BCUT2D eigenvalue weighted by Crippen LogP contribution is 2.40. The molecule has 12 heteroatoms. The number of pyridine rings is 1. The van der Waals surface area contributed by atoms with E-state index in [1.165, 1.54) is 12.8 Å². The lowest BCUT2D eigenvalue weighted by Gasteiger charge is -2.32. The zero-order valence-corrected chi connectivity index (χ0v) is 18.0. The highest BCUT2D eigenvalue weighted by Gasteiger charge is 2.41. The van der Waals surface area contributed by atoms with Gasteiger partial charge in [0.25, 0.3) is 5.91 Å². The van der Waals surface area contributed by atoms with Gasteiger partial charge in [-0.05, 0) is 59.8 Å². The Kier molecular flexibility index (Phi) is 7.22. The third-order valence-corrected chi connectivity index (χ3v) is 6.11. The molecule has 0 aliphatic carbocycles. The van der Waals surface area contributed by atoms with Crippen LogP contribution in [0.3, 0.4) is 0 Å². The predicted octanol–water partition coefficient (Wildman–Crippen LogP) is 2.85. The average molecular weight is 507 g/mol. The van der Waals surface area contributed by atoms with E-state index in [4.69, 9.17) is 14.6 Å². The smallest absolute Gasteiger partial charge is 0.475 e. The second-order valence-corrected chi connectivity index (χ2v) is 8.47. The summed E-state index contributed by atoms with van der Waals surface area (Å²) in [6.07, 6.45) is 1.81. The van der Waals surface area contributed by atoms with Gasteiger partial charge in [-0.15, -0.1) is 0 Å². The third-order valence-electron chi connectivity index (χ3n) is 5.45. The number of carboxylic acids is 1. The van der Waals surface area contributed by atoms with Gasteiger partial charge < -0.3 is 25.5 Å². The molecule has 0 bridgehead atoms. The molecule has 170 valence electrons. The number of alkyl halides is 3. The van der Waals surface area contributed by atoms with Crippen molar-refractivity contribution in [2.45, 2.75) is 31.5 Å². The largest absolute Gasteiger partial charge is 0.490 e. The van der Waals surface area contributed by atoms with E-state index in [0.717, 1.165) is 36.0 Å². The number of ether oxygens (including phenoxy) is 1. The van der Waals surface area contributed by atoms with Gasteiger partial charge in [0.2, 0.25) is 0 Å². The van der Waals surface area contributed by atoms with Crippen molar-refractivity contribution in [2.75, 3.05) is 26.2 Å². The van der Waals surface area contributed by atoms with Gasteiger partial charge in [0.05, 0.1) is 18.3 Å². The number of H-pyrrole nitrogens is 1. The number of nitrogens with zero attached hydrogens (tertiary/aromatic N) is 1. The molecular formula is C19H22BrF3N4O4. The number of carbonyl (C=O) groups excluding carboxylic acids is 1. The second-order valence-electron chi connectivity index (χ2n) is 7.62. The lowest BCUT2D eigenvalue weighted by atomic mass is 9.77. The molecule has 0 saturated carbocycles. The summed E-state index contributed by atoms with van der Waals surface area (Å²) in [6, 6.07) is 1.84. The van der Waals surface area contributed by atoms with Crippen molar-refractivity contribution < 1.29 is 32.6 Å². The lowest BCUT2D eigenvalue weighted by molar-refractivity contribution is -0.192. The first-order valence-electron chi connectivity index (χ1n) is 9.63. The van der Waals surface area contributed by atoms with Crippen LogP contribution in [-0.2, 0) is 9.53 Å². The number of nitrogens with one attached hydrogen (secondary N) is 3. The Bertz CT molecular complexity index is 944. The average Bonchev–Trinajstić information content (AvgIpc) is 3.32. The van der Waals surface area contributed by atoms with E-state index in [2.05, 4.69) is 36.5 Å². The topological polar surface area (TPSA) is 116 Å². The summed E-state index contributed by atoms with van der Waals surface area (Å²) in [5, 5.41) is 14.4. The summed E-state index contributed by atoms with van der Waals surface area (Å²) >= 11 is 3.49. The van der Waals surface area contributed by atoms with Gasteiger partial charge in [-0.25, -0.2) is 9.78 Å². The molecule has 0 aromatic carbocycles. The van der Waals surface area contributed by atoms with Crippen LogP contribution in [0.25, 0.3) is 11.0 Å². The Balaban J connectivity index is 0.000000339. The zero-order chi connectivity index (χ0) is 22.6.